The van der Waals surface area contributed by atoms with Crippen LogP contribution in [0, 0.1) is 6.92 Å². The topological polar surface area (TPSA) is 99.8 Å². The number of aryl methyl sites for hydroxylation is 1. The van der Waals surface area contributed by atoms with Crippen molar-refractivity contribution in [1.82, 2.24) is 19.9 Å². The highest BCUT2D eigenvalue weighted by atomic mass is 32.2. The van der Waals surface area contributed by atoms with Crippen molar-refractivity contribution in [2.24, 2.45) is 0 Å². The second-order valence-electron chi connectivity index (χ2n) is 2.35. The Bertz CT molecular complexity index is 370. The molecule has 0 unspecified atom stereocenters. The molecule has 0 aliphatic carbocycles. The minimum atomic E-state index is -3.52. The standard InChI is InChI=1S/C5H11N5O2S/c1-3-6-13(11,12)10-5-7-4(2)8-9-5/h6H,3H2,1-2H3,(H2,7,8,9,10). The molecule has 7 nitrogen and oxygen atoms in total. The zero-order chi connectivity index (χ0) is 9.90. The fourth-order valence-corrected chi connectivity index (χ4v) is 1.52. The predicted molar refractivity (Wildman–Crippen MR) is 47.3 cm³/mol. The molecule has 1 rings (SSSR count). The summed E-state index contributed by atoms with van der Waals surface area (Å²) < 4.78 is 26.6. The van der Waals surface area contributed by atoms with Crippen molar-refractivity contribution in [3.05, 3.63) is 5.82 Å². The first kappa shape index (κ1) is 9.93. The van der Waals surface area contributed by atoms with Gasteiger partial charge in [0, 0.05) is 6.54 Å². The summed E-state index contributed by atoms with van der Waals surface area (Å²) in [5.74, 6) is 0.590. The van der Waals surface area contributed by atoms with Crippen molar-refractivity contribution in [1.29, 1.82) is 0 Å². The second-order valence-corrected chi connectivity index (χ2v) is 3.85. The Balaban J connectivity index is 2.69. The molecule has 0 aromatic carbocycles. The summed E-state index contributed by atoms with van der Waals surface area (Å²) in [6.07, 6.45) is 0. The molecular weight excluding hydrogens is 194 g/mol. The zero-order valence-electron chi connectivity index (χ0n) is 7.33. The van der Waals surface area contributed by atoms with Gasteiger partial charge in [0.05, 0.1) is 0 Å². The highest BCUT2D eigenvalue weighted by Crippen LogP contribution is 1.98. The Morgan fingerprint density at radius 1 is 1.54 bits per heavy atom. The zero-order valence-corrected chi connectivity index (χ0v) is 8.14. The minimum absolute atomic E-state index is 0.0402. The van der Waals surface area contributed by atoms with Crippen LogP contribution in [0.3, 0.4) is 0 Å². The molecule has 0 atom stereocenters. The van der Waals surface area contributed by atoms with E-state index in [4.69, 9.17) is 0 Å². The molecule has 0 bridgehead atoms. The van der Waals surface area contributed by atoms with Crippen LogP contribution in [0.5, 0.6) is 0 Å². The van der Waals surface area contributed by atoms with Crippen LogP contribution in [0.4, 0.5) is 5.95 Å². The first-order chi connectivity index (χ1) is 6.03. The van der Waals surface area contributed by atoms with Crippen molar-refractivity contribution in [3.8, 4) is 0 Å². The number of aromatic nitrogens is 3. The van der Waals surface area contributed by atoms with Crippen molar-refractivity contribution in [2.45, 2.75) is 13.8 Å². The molecule has 0 spiro atoms. The van der Waals surface area contributed by atoms with Crippen molar-refractivity contribution in [3.63, 3.8) is 0 Å². The largest absolute Gasteiger partial charge is 0.301 e. The van der Waals surface area contributed by atoms with Gasteiger partial charge in [-0.2, -0.15) is 18.1 Å². The van der Waals surface area contributed by atoms with Crippen molar-refractivity contribution >= 4 is 16.2 Å². The molecule has 0 radical (unpaired) electrons. The first-order valence-electron chi connectivity index (χ1n) is 3.70. The fourth-order valence-electron chi connectivity index (χ4n) is 0.735. The third-order valence-corrected chi connectivity index (χ3v) is 2.28. The Morgan fingerprint density at radius 3 is 2.69 bits per heavy atom. The van der Waals surface area contributed by atoms with E-state index >= 15 is 0 Å². The molecule has 3 N–H and O–H groups in total. The molecule has 1 heterocycles. The maximum atomic E-state index is 11.1. The molecule has 8 heteroatoms. The normalized spacial score (nSPS) is 11.5. The maximum absolute atomic E-state index is 11.1. The van der Waals surface area contributed by atoms with E-state index in [1.165, 1.54) is 0 Å². The van der Waals surface area contributed by atoms with Gasteiger partial charge < -0.3 is 0 Å². The van der Waals surface area contributed by atoms with Gasteiger partial charge in [-0.1, -0.05) is 6.92 Å². The van der Waals surface area contributed by atoms with Crippen LogP contribution in [0.2, 0.25) is 0 Å². The highest BCUT2D eigenvalue weighted by molar-refractivity contribution is 7.90. The number of aromatic amines is 1. The summed E-state index contributed by atoms with van der Waals surface area (Å²) in [5.41, 5.74) is 0. The number of hydrogen-bond donors (Lipinski definition) is 3. The van der Waals surface area contributed by atoms with Gasteiger partial charge in [-0.15, -0.1) is 5.10 Å². The molecule has 0 fully saturated rings. The monoisotopic (exact) mass is 205 g/mol. The summed E-state index contributed by atoms with van der Waals surface area (Å²) in [7, 11) is -3.52. The summed E-state index contributed by atoms with van der Waals surface area (Å²) in [6, 6.07) is 0. The third kappa shape index (κ3) is 2.99. The van der Waals surface area contributed by atoms with Crippen LogP contribution < -0.4 is 9.44 Å². The van der Waals surface area contributed by atoms with E-state index in [1.54, 1.807) is 13.8 Å². The quantitative estimate of drug-likeness (QED) is 0.609. The molecule has 0 saturated heterocycles. The van der Waals surface area contributed by atoms with E-state index in [0.29, 0.717) is 12.4 Å². The lowest BCUT2D eigenvalue weighted by Crippen LogP contribution is -2.30. The van der Waals surface area contributed by atoms with Gasteiger partial charge in [-0.3, -0.25) is 5.10 Å². The summed E-state index contributed by atoms with van der Waals surface area (Å²) in [5, 5.41) is 6.13. The van der Waals surface area contributed by atoms with E-state index < -0.39 is 10.2 Å². The lowest BCUT2D eigenvalue weighted by Gasteiger charge is -2.02. The van der Waals surface area contributed by atoms with Crippen LogP contribution >= 0.6 is 0 Å². The van der Waals surface area contributed by atoms with Gasteiger partial charge in [0.2, 0.25) is 0 Å². The summed E-state index contributed by atoms with van der Waals surface area (Å²) in [6.45, 7) is 3.68. The number of nitrogens with zero attached hydrogens (tertiary/aromatic N) is 2. The van der Waals surface area contributed by atoms with E-state index in [0.717, 1.165) is 0 Å². The molecule has 0 saturated carbocycles. The van der Waals surface area contributed by atoms with Crippen LogP contribution in [-0.2, 0) is 10.2 Å². The third-order valence-electron chi connectivity index (χ3n) is 1.16. The number of rotatable bonds is 4. The molecular formula is C5H11N5O2S. The average molecular weight is 205 g/mol. The van der Waals surface area contributed by atoms with Crippen molar-refractivity contribution < 1.29 is 8.42 Å². The Hall–Kier alpha value is -1.15. The highest BCUT2D eigenvalue weighted by Gasteiger charge is 2.10. The summed E-state index contributed by atoms with van der Waals surface area (Å²) in [4.78, 5) is 3.78. The molecule has 0 aliphatic heterocycles. The van der Waals surface area contributed by atoms with Gasteiger partial charge in [0.15, 0.2) is 0 Å². The lowest BCUT2D eigenvalue weighted by molar-refractivity contribution is 0.589. The number of anilines is 1. The molecule has 13 heavy (non-hydrogen) atoms. The van der Waals surface area contributed by atoms with Crippen molar-refractivity contribution in [2.75, 3.05) is 11.3 Å². The molecule has 74 valence electrons. The van der Waals surface area contributed by atoms with E-state index in [2.05, 4.69) is 24.6 Å². The number of H-pyrrole nitrogens is 1. The van der Waals surface area contributed by atoms with Crippen LogP contribution in [-0.4, -0.2) is 30.1 Å². The number of hydrogen-bond acceptors (Lipinski definition) is 4. The minimum Gasteiger partial charge on any atom is -0.261 e. The summed E-state index contributed by atoms with van der Waals surface area (Å²) >= 11 is 0. The maximum Gasteiger partial charge on any atom is 0.301 e. The van der Waals surface area contributed by atoms with Crippen LogP contribution in [0.1, 0.15) is 12.7 Å². The van der Waals surface area contributed by atoms with Gasteiger partial charge in [0.25, 0.3) is 5.95 Å². The fraction of sp³-hybridized carbons (Fsp3) is 0.600. The Kier molecular flexibility index (Phi) is 2.83. The Morgan fingerprint density at radius 2 is 2.23 bits per heavy atom. The predicted octanol–water partition coefficient (Wildman–Crippen LogP) is -0.621. The average Bonchev–Trinajstić information content (AvgIpc) is 2.34. The first-order valence-corrected chi connectivity index (χ1v) is 5.18. The molecule has 0 aliphatic rings. The van der Waals surface area contributed by atoms with Crippen LogP contribution in [0.25, 0.3) is 0 Å². The lowest BCUT2D eigenvalue weighted by atomic mass is 10.8. The van der Waals surface area contributed by atoms with E-state index in [9.17, 15) is 8.42 Å². The Labute approximate surface area is 76.1 Å². The molecule has 1 aromatic heterocycles. The van der Waals surface area contributed by atoms with Gasteiger partial charge in [-0.05, 0) is 6.92 Å². The van der Waals surface area contributed by atoms with Gasteiger partial charge >= 0.3 is 10.2 Å². The van der Waals surface area contributed by atoms with Gasteiger partial charge in [0.1, 0.15) is 5.82 Å². The molecule has 1 aromatic rings. The van der Waals surface area contributed by atoms with E-state index in [-0.39, 0.29) is 5.95 Å². The molecule has 0 amide bonds. The van der Waals surface area contributed by atoms with Gasteiger partial charge in [-0.25, -0.2) is 4.72 Å². The number of nitrogens with one attached hydrogen (secondary N) is 3. The smallest absolute Gasteiger partial charge is 0.261 e. The SMILES string of the molecule is CCNS(=O)(=O)Nc1n[nH]c(C)n1. The van der Waals surface area contributed by atoms with E-state index in [1.807, 2.05) is 0 Å². The van der Waals surface area contributed by atoms with Crippen LogP contribution in [0.15, 0.2) is 0 Å². The second kappa shape index (κ2) is 3.71.